The van der Waals surface area contributed by atoms with Crippen LogP contribution in [0.25, 0.3) is 0 Å². The number of nitrogen functional groups attached to an aromatic ring is 1. The van der Waals surface area contributed by atoms with Gasteiger partial charge in [-0.1, -0.05) is 25.9 Å². The van der Waals surface area contributed by atoms with Gasteiger partial charge >= 0.3 is 0 Å². The van der Waals surface area contributed by atoms with Crippen molar-refractivity contribution < 1.29 is 17.3 Å². The van der Waals surface area contributed by atoms with Crippen molar-refractivity contribution in [3.8, 4) is 0 Å². The van der Waals surface area contributed by atoms with Gasteiger partial charge in [0.25, 0.3) is 15.1 Å². The number of nitrogens with zero attached hydrogens (tertiary/aromatic N) is 2. The molecule has 2 aromatic heterocycles. The highest BCUT2D eigenvalue weighted by molar-refractivity contribution is 7.92. The maximum absolute atomic E-state index is 13.1. The lowest BCUT2D eigenvalue weighted by atomic mass is 9.93. The van der Waals surface area contributed by atoms with Crippen LogP contribution in [0, 0.1) is 5.82 Å². The van der Waals surface area contributed by atoms with Gasteiger partial charge in [0.1, 0.15) is 11.6 Å². The second-order valence-electron chi connectivity index (χ2n) is 5.47. The molecule has 0 aromatic carbocycles. The van der Waals surface area contributed by atoms with E-state index in [-0.39, 0.29) is 22.0 Å². The summed E-state index contributed by atoms with van der Waals surface area (Å²) in [4.78, 5) is 3.53. The molecule has 2 rings (SSSR count). The molecule has 9 heteroatoms. The van der Waals surface area contributed by atoms with Crippen molar-refractivity contribution in [3.05, 3.63) is 29.8 Å². The molecule has 3 N–H and O–H groups in total. The topological polar surface area (TPSA) is 111 Å². The van der Waals surface area contributed by atoms with Crippen LogP contribution in [0.4, 0.5) is 15.9 Å². The van der Waals surface area contributed by atoms with Gasteiger partial charge < -0.3 is 10.3 Å². The van der Waals surface area contributed by atoms with Crippen LogP contribution in [0.5, 0.6) is 0 Å². The number of sulfonamides is 1. The Labute approximate surface area is 121 Å². The average molecular weight is 314 g/mol. The summed E-state index contributed by atoms with van der Waals surface area (Å²) in [7, 11) is -4.06. The van der Waals surface area contributed by atoms with Gasteiger partial charge in [0.15, 0.2) is 0 Å². The molecule has 0 unspecified atom stereocenters. The molecule has 0 aliphatic carbocycles. The number of nitrogens with one attached hydrogen (secondary N) is 1. The summed E-state index contributed by atoms with van der Waals surface area (Å²) in [6.45, 7) is 5.59. The lowest BCUT2D eigenvalue weighted by Crippen LogP contribution is -2.15. The van der Waals surface area contributed by atoms with Gasteiger partial charge in [-0.2, -0.15) is 8.42 Å². The Kier molecular flexibility index (Phi) is 3.62. The van der Waals surface area contributed by atoms with Crippen LogP contribution in [0.1, 0.15) is 26.5 Å². The van der Waals surface area contributed by atoms with Crippen LogP contribution in [0.3, 0.4) is 0 Å². The molecule has 0 saturated carbocycles. The first kappa shape index (κ1) is 15.2. The van der Waals surface area contributed by atoms with Gasteiger partial charge in [0.2, 0.25) is 0 Å². The minimum absolute atomic E-state index is 0.143. The number of hydrogen-bond acceptors (Lipinski definition) is 6. The molecule has 0 atom stereocenters. The lowest BCUT2D eigenvalue weighted by Gasteiger charge is -2.12. The fourth-order valence-corrected chi connectivity index (χ4v) is 2.42. The van der Waals surface area contributed by atoms with Gasteiger partial charge in [-0.25, -0.2) is 9.37 Å². The van der Waals surface area contributed by atoms with E-state index in [2.05, 4.69) is 14.9 Å². The van der Waals surface area contributed by atoms with Crippen molar-refractivity contribution in [2.24, 2.45) is 0 Å². The molecule has 0 radical (unpaired) electrons. The quantitative estimate of drug-likeness (QED) is 0.895. The van der Waals surface area contributed by atoms with E-state index in [0.717, 1.165) is 12.3 Å². The zero-order chi connectivity index (χ0) is 15.8. The number of pyridine rings is 1. The third-order valence-electron chi connectivity index (χ3n) is 2.65. The predicted molar refractivity (Wildman–Crippen MR) is 74.6 cm³/mol. The summed E-state index contributed by atoms with van der Waals surface area (Å²) in [6.07, 6.45) is 0.888. The van der Waals surface area contributed by atoms with Crippen LogP contribution in [-0.4, -0.2) is 18.6 Å². The first-order chi connectivity index (χ1) is 9.59. The van der Waals surface area contributed by atoms with E-state index in [4.69, 9.17) is 10.3 Å². The molecule has 0 amide bonds. The van der Waals surface area contributed by atoms with Crippen LogP contribution in [0.2, 0.25) is 0 Å². The van der Waals surface area contributed by atoms with E-state index in [0.29, 0.717) is 5.69 Å². The number of anilines is 2. The molecule has 0 aliphatic rings. The number of halogens is 1. The van der Waals surface area contributed by atoms with Crippen molar-refractivity contribution >= 4 is 21.5 Å². The van der Waals surface area contributed by atoms with E-state index in [9.17, 15) is 12.8 Å². The van der Waals surface area contributed by atoms with E-state index >= 15 is 0 Å². The maximum Gasteiger partial charge on any atom is 0.298 e. The van der Waals surface area contributed by atoms with Crippen molar-refractivity contribution in [2.75, 3.05) is 10.5 Å². The lowest BCUT2D eigenvalue weighted by molar-refractivity contribution is 0.327. The molecule has 2 aromatic rings. The molecular weight excluding hydrogens is 299 g/mol. The summed E-state index contributed by atoms with van der Waals surface area (Å²) in [5.74, 6) is -0.856. The monoisotopic (exact) mass is 314 g/mol. The van der Waals surface area contributed by atoms with E-state index in [1.54, 1.807) is 0 Å². The first-order valence-electron chi connectivity index (χ1n) is 6.00. The van der Waals surface area contributed by atoms with Crippen LogP contribution in [0.15, 0.2) is 27.9 Å². The minimum Gasteiger partial charge on any atom is -0.382 e. The highest BCUT2D eigenvalue weighted by Crippen LogP contribution is 2.26. The highest BCUT2D eigenvalue weighted by atomic mass is 32.2. The van der Waals surface area contributed by atoms with Gasteiger partial charge in [-0.3, -0.25) is 4.72 Å². The third-order valence-corrected chi connectivity index (χ3v) is 3.86. The molecule has 0 spiro atoms. The standard InChI is InChI=1S/C12H15FN4O3S/c1-12(2,3)9-5-10(20-16-9)21(18,19)17-8-4-7(13)6-15-11(8)14/h4-6,17H,1-3H3,(H2,14,15). The number of aromatic nitrogens is 2. The summed E-state index contributed by atoms with van der Waals surface area (Å²) in [5.41, 5.74) is 5.45. The number of hydrogen-bond donors (Lipinski definition) is 2. The van der Waals surface area contributed by atoms with E-state index in [1.165, 1.54) is 6.07 Å². The van der Waals surface area contributed by atoms with Gasteiger partial charge in [0.05, 0.1) is 17.6 Å². The minimum atomic E-state index is -4.06. The normalized spacial score (nSPS) is 12.4. The largest absolute Gasteiger partial charge is 0.382 e. The number of nitrogens with two attached hydrogens (primary N) is 1. The Morgan fingerprint density at radius 3 is 2.57 bits per heavy atom. The Balaban J connectivity index is 2.35. The molecule has 0 aliphatic heterocycles. The molecule has 0 saturated heterocycles. The molecule has 0 fully saturated rings. The molecule has 21 heavy (non-hydrogen) atoms. The van der Waals surface area contributed by atoms with Crippen molar-refractivity contribution in [2.45, 2.75) is 31.3 Å². The summed E-state index contributed by atoms with van der Waals surface area (Å²) >= 11 is 0. The fraction of sp³-hybridized carbons (Fsp3) is 0.333. The second kappa shape index (κ2) is 4.99. The second-order valence-corrected chi connectivity index (χ2v) is 7.09. The SMILES string of the molecule is CC(C)(C)c1cc(S(=O)(=O)Nc2cc(F)cnc2N)on1. The van der Waals surface area contributed by atoms with Crippen molar-refractivity contribution in [1.82, 2.24) is 10.1 Å². The zero-order valence-electron chi connectivity index (χ0n) is 11.7. The summed E-state index contributed by atoms with van der Waals surface area (Å²) in [5, 5.41) is 3.34. The van der Waals surface area contributed by atoms with E-state index in [1.807, 2.05) is 20.8 Å². The summed E-state index contributed by atoms with van der Waals surface area (Å²) < 4.78 is 44.4. The molecule has 2 heterocycles. The summed E-state index contributed by atoms with van der Waals surface area (Å²) in [6, 6.07) is 2.24. The van der Waals surface area contributed by atoms with Gasteiger partial charge in [-0.05, 0) is 0 Å². The average Bonchev–Trinajstić information content (AvgIpc) is 2.83. The van der Waals surface area contributed by atoms with Gasteiger partial charge in [-0.15, -0.1) is 0 Å². The van der Waals surface area contributed by atoms with Crippen molar-refractivity contribution in [3.63, 3.8) is 0 Å². The first-order valence-corrected chi connectivity index (χ1v) is 7.49. The van der Waals surface area contributed by atoms with Crippen LogP contribution >= 0.6 is 0 Å². The van der Waals surface area contributed by atoms with Gasteiger partial charge in [0, 0.05) is 17.5 Å². The van der Waals surface area contributed by atoms with Crippen LogP contribution < -0.4 is 10.5 Å². The zero-order valence-corrected chi connectivity index (χ0v) is 12.5. The highest BCUT2D eigenvalue weighted by Gasteiger charge is 2.26. The Bertz CT molecular complexity index is 765. The van der Waals surface area contributed by atoms with Crippen LogP contribution in [-0.2, 0) is 15.4 Å². The smallest absolute Gasteiger partial charge is 0.298 e. The molecule has 114 valence electrons. The molecule has 7 nitrogen and oxygen atoms in total. The predicted octanol–water partition coefficient (Wildman–Crippen LogP) is 1.89. The maximum atomic E-state index is 13.1. The number of rotatable bonds is 3. The fourth-order valence-electron chi connectivity index (χ4n) is 1.47. The Morgan fingerprint density at radius 1 is 1.33 bits per heavy atom. The van der Waals surface area contributed by atoms with Crippen molar-refractivity contribution in [1.29, 1.82) is 0 Å². The molecule has 0 bridgehead atoms. The molecular formula is C12H15FN4O3S. The Hall–Kier alpha value is -2.16. The Morgan fingerprint density at radius 2 is 2.00 bits per heavy atom. The third kappa shape index (κ3) is 3.30. The van der Waals surface area contributed by atoms with E-state index < -0.39 is 15.8 Å².